The van der Waals surface area contributed by atoms with E-state index in [9.17, 15) is 9.90 Å². The van der Waals surface area contributed by atoms with Crippen LogP contribution >= 0.6 is 23.3 Å². The number of azo groups is 1. The zero-order chi connectivity index (χ0) is 20.1. The molecule has 0 atom stereocenters. The van der Waals surface area contributed by atoms with Gasteiger partial charge in [-0.05, 0) is 29.9 Å². The topological polar surface area (TPSA) is 146 Å². The quantitative estimate of drug-likeness (QED) is 0.131. The number of benzene rings is 1. The minimum atomic E-state index is -0.349. The van der Waals surface area contributed by atoms with E-state index in [1.165, 1.54) is 24.8 Å². The second-order valence-corrected chi connectivity index (χ2v) is 6.92. The lowest BCUT2D eigenvalue weighted by Crippen LogP contribution is -2.06. The summed E-state index contributed by atoms with van der Waals surface area (Å²) in [6, 6.07) is 3.04. The maximum Gasteiger partial charge on any atom is 0.221 e. The van der Waals surface area contributed by atoms with Crippen LogP contribution in [0.5, 0.6) is 5.75 Å². The predicted octanol–water partition coefficient (Wildman–Crippen LogP) is 4.01. The van der Waals surface area contributed by atoms with Gasteiger partial charge < -0.3 is 15.2 Å². The fourth-order valence-electron chi connectivity index (χ4n) is 2.25. The molecule has 0 saturated heterocycles. The number of phenols is 1. The predicted molar refractivity (Wildman–Crippen MR) is 107 cm³/mol. The summed E-state index contributed by atoms with van der Waals surface area (Å²) in [5.74, 6) is -0.504. The van der Waals surface area contributed by atoms with Crippen LogP contribution in [0.2, 0.25) is 0 Å². The molecule has 0 spiro atoms. The van der Waals surface area contributed by atoms with Crippen LogP contribution in [0.4, 0.5) is 16.4 Å². The van der Waals surface area contributed by atoms with Gasteiger partial charge in [0.05, 0.1) is 16.8 Å². The lowest BCUT2D eigenvalue weighted by molar-refractivity contribution is -0.114. The first kappa shape index (κ1) is 19.6. The summed E-state index contributed by atoms with van der Waals surface area (Å²) in [5, 5.41) is 30.0. The smallest absolute Gasteiger partial charge is 0.221 e. The van der Waals surface area contributed by atoms with Crippen molar-refractivity contribution in [2.24, 2.45) is 10.2 Å². The van der Waals surface area contributed by atoms with Crippen molar-refractivity contribution >= 4 is 63.0 Å². The molecule has 0 saturated carbocycles. The van der Waals surface area contributed by atoms with Crippen LogP contribution in [0.3, 0.4) is 0 Å². The molecule has 28 heavy (non-hydrogen) atoms. The van der Waals surface area contributed by atoms with Crippen LogP contribution in [0.25, 0.3) is 11.0 Å². The van der Waals surface area contributed by atoms with Gasteiger partial charge in [-0.25, -0.2) is 9.97 Å². The van der Waals surface area contributed by atoms with Crippen molar-refractivity contribution in [3.05, 3.63) is 23.9 Å². The molecule has 2 aromatic heterocycles. The number of hydrogen-bond acceptors (Lipinski definition) is 11. The summed E-state index contributed by atoms with van der Waals surface area (Å²) in [5.41, 5.74) is 1.46. The molecule has 0 radical (unpaired) electrons. The SMILES string of the molecule is CSc1ncc2c(/N=N/c3cc(COC=N)c(O)c(NC(C)=O)c3)snc2n1. The number of amides is 1. The van der Waals surface area contributed by atoms with Crippen molar-refractivity contribution in [3.8, 4) is 5.75 Å². The van der Waals surface area contributed by atoms with Gasteiger partial charge in [0.25, 0.3) is 0 Å². The van der Waals surface area contributed by atoms with E-state index in [4.69, 9.17) is 10.1 Å². The molecule has 0 bridgehead atoms. The molecule has 0 fully saturated rings. The third kappa shape index (κ3) is 4.40. The van der Waals surface area contributed by atoms with Gasteiger partial charge in [0.15, 0.2) is 22.2 Å². The molecule has 0 aliphatic rings. The molecule has 1 aromatic carbocycles. The summed E-state index contributed by atoms with van der Waals surface area (Å²) in [6.45, 7) is 1.27. The summed E-state index contributed by atoms with van der Waals surface area (Å²) in [7, 11) is 0. The molecule has 3 aromatic rings. The van der Waals surface area contributed by atoms with Gasteiger partial charge in [-0.3, -0.25) is 10.2 Å². The Labute approximate surface area is 167 Å². The maximum absolute atomic E-state index is 11.4. The van der Waals surface area contributed by atoms with E-state index in [2.05, 4.69) is 29.9 Å². The average Bonchev–Trinajstić information content (AvgIpc) is 3.09. The van der Waals surface area contributed by atoms with E-state index in [0.29, 0.717) is 32.4 Å². The Morgan fingerprint density at radius 1 is 1.46 bits per heavy atom. The number of nitrogens with zero attached hydrogens (tertiary/aromatic N) is 5. The minimum Gasteiger partial charge on any atom is -0.505 e. The highest BCUT2D eigenvalue weighted by Crippen LogP contribution is 2.36. The molecule has 2 heterocycles. The number of rotatable bonds is 7. The van der Waals surface area contributed by atoms with Crippen LogP contribution in [0.15, 0.2) is 33.7 Å². The first-order valence-electron chi connectivity index (χ1n) is 7.84. The Morgan fingerprint density at radius 2 is 2.29 bits per heavy atom. The first-order chi connectivity index (χ1) is 13.5. The van der Waals surface area contributed by atoms with Gasteiger partial charge in [0.1, 0.15) is 12.4 Å². The highest BCUT2D eigenvalue weighted by molar-refractivity contribution is 7.98. The fourth-order valence-corrected chi connectivity index (χ4v) is 3.22. The van der Waals surface area contributed by atoms with Crippen LogP contribution in [0.1, 0.15) is 12.5 Å². The number of phenolic OH excluding ortho intramolecular Hbond substituents is 1. The van der Waals surface area contributed by atoms with Crippen molar-refractivity contribution in [2.45, 2.75) is 18.7 Å². The summed E-state index contributed by atoms with van der Waals surface area (Å²) < 4.78 is 9.17. The van der Waals surface area contributed by atoms with E-state index in [0.717, 1.165) is 17.9 Å². The summed E-state index contributed by atoms with van der Waals surface area (Å²) in [4.78, 5) is 19.9. The standard InChI is InChI=1S/C16H15N7O3S2/c1-8(24)19-12-4-10(3-9(13(12)25)6-26-7-17)21-22-15-11-5-18-16(27-2)20-14(11)23-28-15/h3-5,7,17,25H,6H2,1-2H3,(H,19,24)/b17-7?,22-21+. The van der Waals surface area contributed by atoms with Gasteiger partial charge in [-0.15, -0.1) is 10.2 Å². The van der Waals surface area contributed by atoms with Gasteiger partial charge in [-0.2, -0.15) is 4.37 Å². The highest BCUT2D eigenvalue weighted by Gasteiger charge is 2.13. The fraction of sp³-hybridized carbons (Fsp3) is 0.188. The van der Waals surface area contributed by atoms with Crippen LogP contribution < -0.4 is 5.32 Å². The Morgan fingerprint density at radius 3 is 3.00 bits per heavy atom. The Bertz CT molecular complexity index is 1070. The van der Waals surface area contributed by atoms with Crippen molar-refractivity contribution in [1.82, 2.24) is 14.3 Å². The Kier molecular flexibility index (Phi) is 6.11. The largest absolute Gasteiger partial charge is 0.505 e. The van der Waals surface area contributed by atoms with Gasteiger partial charge in [0, 0.05) is 18.7 Å². The molecular formula is C16H15N7O3S2. The average molecular weight is 417 g/mol. The minimum absolute atomic E-state index is 0.0555. The Balaban J connectivity index is 1.96. The number of anilines is 1. The molecule has 1 amide bonds. The molecule has 3 rings (SSSR count). The van der Waals surface area contributed by atoms with Crippen LogP contribution in [-0.4, -0.2) is 38.0 Å². The normalized spacial score (nSPS) is 11.1. The van der Waals surface area contributed by atoms with Crippen molar-refractivity contribution in [3.63, 3.8) is 0 Å². The number of hydrogen-bond donors (Lipinski definition) is 3. The van der Waals surface area contributed by atoms with Gasteiger partial charge >= 0.3 is 0 Å². The number of aromatic hydroxyl groups is 1. The van der Waals surface area contributed by atoms with E-state index in [-0.39, 0.29) is 24.0 Å². The Hall–Kier alpha value is -3.12. The second kappa shape index (κ2) is 8.71. The van der Waals surface area contributed by atoms with Crippen molar-refractivity contribution in [1.29, 1.82) is 5.41 Å². The van der Waals surface area contributed by atoms with E-state index >= 15 is 0 Å². The van der Waals surface area contributed by atoms with Crippen LogP contribution in [0, 0.1) is 5.41 Å². The van der Waals surface area contributed by atoms with Crippen molar-refractivity contribution < 1.29 is 14.6 Å². The molecule has 3 N–H and O–H groups in total. The third-order valence-corrected chi connectivity index (χ3v) is 4.74. The molecule has 10 nitrogen and oxygen atoms in total. The molecule has 0 aliphatic carbocycles. The second-order valence-electron chi connectivity index (χ2n) is 5.39. The first-order valence-corrected chi connectivity index (χ1v) is 9.83. The van der Waals surface area contributed by atoms with E-state index in [1.54, 1.807) is 12.3 Å². The van der Waals surface area contributed by atoms with Crippen molar-refractivity contribution in [2.75, 3.05) is 11.6 Å². The summed E-state index contributed by atoms with van der Waals surface area (Å²) in [6.07, 6.45) is 4.29. The molecule has 0 unspecified atom stereocenters. The zero-order valence-corrected chi connectivity index (χ0v) is 16.5. The molecular weight excluding hydrogens is 402 g/mol. The molecule has 0 aliphatic heterocycles. The highest BCUT2D eigenvalue weighted by atomic mass is 32.2. The number of fused-ring (bicyclic) bond motifs is 1. The number of nitrogens with one attached hydrogen (secondary N) is 2. The monoisotopic (exact) mass is 417 g/mol. The lowest BCUT2D eigenvalue weighted by Gasteiger charge is -2.11. The number of carbonyl (C=O) groups is 1. The lowest BCUT2D eigenvalue weighted by atomic mass is 10.1. The van der Waals surface area contributed by atoms with E-state index in [1.807, 2.05) is 6.26 Å². The zero-order valence-electron chi connectivity index (χ0n) is 14.8. The number of carbonyl (C=O) groups excluding carboxylic acids is 1. The van der Waals surface area contributed by atoms with E-state index < -0.39 is 0 Å². The number of thioether (sulfide) groups is 1. The molecule has 144 valence electrons. The number of aromatic nitrogens is 3. The van der Waals surface area contributed by atoms with Gasteiger partial charge in [-0.1, -0.05) is 11.8 Å². The third-order valence-electron chi connectivity index (χ3n) is 3.44. The number of ether oxygens (including phenoxy) is 1. The van der Waals surface area contributed by atoms with Gasteiger partial charge in [0.2, 0.25) is 5.91 Å². The maximum atomic E-state index is 11.4. The van der Waals surface area contributed by atoms with Crippen LogP contribution in [-0.2, 0) is 16.1 Å². The summed E-state index contributed by atoms with van der Waals surface area (Å²) >= 11 is 2.56. The molecule has 12 heteroatoms.